The van der Waals surface area contributed by atoms with Crippen LogP contribution in [0, 0.1) is 31.6 Å². The van der Waals surface area contributed by atoms with Crippen molar-refractivity contribution in [2.24, 2.45) is 17.8 Å². The van der Waals surface area contributed by atoms with Gasteiger partial charge in [-0.25, -0.2) is 4.79 Å². The van der Waals surface area contributed by atoms with Gasteiger partial charge in [0.15, 0.2) is 0 Å². The summed E-state index contributed by atoms with van der Waals surface area (Å²) < 4.78 is 11.0. The molecule has 4 heteroatoms. The number of carbonyl (C=O) groups excluding carboxylic acids is 1. The Morgan fingerprint density at radius 3 is 2.00 bits per heavy atom. The van der Waals surface area contributed by atoms with Crippen molar-refractivity contribution in [2.75, 3.05) is 7.11 Å². The smallest absolute Gasteiger partial charge is 0.341 e. The lowest BCUT2D eigenvalue weighted by Gasteiger charge is -2.58. The maximum atomic E-state index is 11.5. The van der Waals surface area contributed by atoms with E-state index in [1.807, 2.05) is 0 Å². The number of hydrogen-bond acceptors (Lipinski definition) is 3. The molecule has 0 unspecified atom stereocenters. The molecule has 0 atom stereocenters. The van der Waals surface area contributed by atoms with Gasteiger partial charge in [0.2, 0.25) is 0 Å². The van der Waals surface area contributed by atoms with E-state index in [-0.39, 0.29) is 16.8 Å². The zero-order chi connectivity index (χ0) is 25.8. The Morgan fingerprint density at radius 2 is 1.53 bits per heavy atom. The SMILES string of the molecule is COC(=O)C=Cc1ccc(-c2c(C)c(C)c(C(C)(C)C)c(C34CC5CC(CC(C5)C3)C4)c2O[Si])cc1. The predicted molar refractivity (Wildman–Crippen MR) is 147 cm³/mol. The van der Waals surface area contributed by atoms with Gasteiger partial charge in [-0.1, -0.05) is 45.0 Å². The summed E-state index contributed by atoms with van der Waals surface area (Å²) in [6, 6.07) is 8.41. The Labute approximate surface area is 220 Å². The fourth-order valence-electron chi connectivity index (χ4n) is 8.27. The number of ether oxygens (including phenoxy) is 1. The molecule has 0 amide bonds. The van der Waals surface area contributed by atoms with Gasteiger partial charge in [0.1, 0.15) is 5.75 Å². The number of methoxy groups -OCH3 is 1. The summed E-state index contributed by atoms with van der Waals surface area (Å²) in [6.07, 6.45) is 11.4. The molecule has 189 valence electrons. The van der Waals surface area contributed by atoms with Crippen molar-refractivity contribution in [1.82, 2.24) is 0 Å². The summed E-state index contributed by atoms with van der Waals surface area (Å²) in [5.74, 6) is 3.24. The van der Waals surface area contributed by atoms with Gasteiger partial charge in [-0.15, -0.1) is 0 Å². The van der Waals surface area contributed by atoms with Crippen LogP contribution in [0.2, 0.25) is 0 Å². The van der Waals surface area contributed by atoms with Crippen molar-refractivity contribution in [3.8, 4) is 16.9 Å². The third-order valence-corrected chi connectivity index (χ3v) is 9.45. The van der Waals surface area contributed by atoms with E-state index in [4.69, 9.17) is 9.16 Å². The van der Waals surface area contributed by atoms with E-state index in [1.54, 1.807) is 6.08 Å². The van der Waals surface area contributed by atoms with Crippen molar-refractivity contribution < 1.29 is 14.0 Å². The maximum Gasteiger partial charge on any atom is 0.341 e. The number of hydrogen-bond donors (Lipinski definition) is 0. The summed E-state index contributed by atoms with van der Waals surface area (Å²) >= 11 is 0. The molecule has 6 rings (SSSR count). The average Bonchev–Trinajstić information content (AvgIpc) is 2.82. The molecule has 3 radical (unpaired) electrons. The molecule has 2 aromatic rings. The molecule has 4 aliphatic rings. The Balaban J connectivity index is 1.70. The molecule has 0 saturated heterocycles. The average molecular weight is 500 g/mol. The van der Waals surface area contributed by atoms with Gasteiger partial charge < -0.3 is 9.16 Å². The molecule has 4 fully saturated rings. The first kappa shape index (κ1) is 25.3. The summed E-state index contributed by atoms with van der Waals surface area (Å²) in [7, 11) is 4.95. The van der Waals surface area contributed by atoms with Crippen molar-refractivity contribution in [2.45, 2.75) is 84.0 Å². The first-order chi connectivity index (χ1) is 17.1. The van der Waals surface area contributed by atoms with E-state index >= 15 is 0 Å². The highest BCUT2D eigenvalue weighted by Crippen LogP contribution is 2.64. The van der Waals surface area contributed by atoms with Crippen molar-refractivity contribution in [3.63, 3.8) is 0 Å². The molecular formula is C32H39O3Si. The Morgan fingerprint density at radius 1 is 0.972 bits per heavy atom. The first-order valence-corrected chi connectivity index (χ1v) is 13.8. The van der Waals surface area contributed by atoms with Crippen LogP contribution < -0.4 is 4.43 Å². The molecular weight excluding hydrogens is 460 g/mol. The van der Waals surface area contributed by atoms with Gasteiger partial charge in [0.25, 0.3) is 0 Å². The van der Waals surface area contributed by atoms with E-state index in [0.717, 1.165) is 34.6 Å². The normalized spacial score (nSPS) is 27.0. The van der Waals surface area contributed by atoms with Crippen LogP contribution in [-0.2, 0) is 20.4 Å². The number of esters is 1. The van der Waals surface area contributed by atoms with Gasteiger partial charge in [0, 0.05) is 22.6 Å². The van der Waals surface area contributed by atoms with Gasteiger partial charge in [-0.3, -0.25) is 0 Å². The number of rotatable bonds is 5. The summed E-state index contributed by atoms with van der Waals surface area (Å²) in [5.41, 5.74) is 9.14. The lowest BCUT2D eigenvalue weighted by atomic mass is 9.46. The number of carbonyl (C=O) groups is 1. The Hall–Kier alpha value is -2.33. The third-order valence-electron chi connectivity index (χ3n) is 9.25. The molecule has 0 aliphatic heterocycles. The van der Waals surface area contributed by atoms with Crippen LogP contribution in [-0.4, -0.2) is 23.6 Å². The van der Waals surface area contributed by atoms with Gasteiger partial charge >= 0.3 is 16.5 Å². The minimum atomic E-state index is -0.349. The predicted octanol–water partition coefficient (Wildman–Crippen LogP) is 7.38. The van der Waals surface area contributed by atoms with Gasteiger partial charge in [-0.05, 0) is 109 Å². The summed E-state index contributed by atoms with van der Waals surface area (Å²) in [4.78, 5) is 11.5. The van der Waals surface area contributed by atoms with Crippen LogP contribution in [0.5, 0.6) is 5.75 Å². The van der Waals surface area contributed by atoms with E-state index in [1.165, 1.54) is 79.5 Å². The molecule has 0 aromatic heterocycles. The standard InChI is InChI=1S/C32H39O3Si/c1-19-20(2)28(31(3,4)5)29(32-16-22-13-23(17-32)15-24(14-22)18-32)30(35-36)27(19)25-10-7-21(8-11-25)9-12-26(33)34-6/h7-12,22-24H,13-18H2,1-6H3. The van der Waals surface area contributed by atoms with Crippen molar-refractivity contribution in [1.29, 1.82) is 0 Å². The van der Waals surface area contributed by atoms with Crippen LogP contribution in [0.4, 0.5) is 0 Å². The topological polar surface area (TPSA) is 35.5 Å². The summed E-state index contributed by atoms with van der Waals surface area (Å²) in [5, 5.41) is 0. The molecule has 2 aromatic carbocycles. The zero-order valence-corrected chi connectivity index (χ0v) is 23.7. The molecule has 36 heavy (non-hydrogen) atoms. The molecule has 3 nitrogen and oxygen atoms in total. The molecule has 4 aliphatic carbocycles. The number of benzene rings is 2. The third kappa shape index (κ3) is 4.25. The van der Waals surface area contributed by atoms with Crippen molar-refractivity contribution >= 4 is 22.5 Å². The van der Waals surface area contributed by atoms with E-state index in [9.17, 15) is 4.79 Å². The molecule has 0 N–H and O–H groups in total. The highest BCUT2D eigenvalue weighted by Gasteiger charge is 2.54. The monoisotopic (exact) mass is 499 g/mol. The minimum Gasteiger partial charge on any atom is -0.540 e. The highest BCUT2D eigenvalue weighted by molar-refractivity contribution is 6.01. The van der Waals surface area contributed by atoms with Crippen LogP contribution in [0.15, 0.2) is 30.3 Å². The van der Waals surface area contributed by atoms with Crippen molar-refractivity contribution in [3.05, 3.63) is 58.2 Å². The van der Waals surface area contributed by atoms with Gasteiger partial charge in [-0.2, -0.15) is 0 Å². The summed E-state index contributed by atoms with van der Waals surface area (Å²) in [6.45, 7) is 11.6. The zero-order valence-electron chi connectivity index (χ0n) is 22.7. The van der Waals surface area contributed by atoms with Crippen LogP contribution in [0.1, 0.15) is 87.1 Å². The second-order valence-electron chi connectivity index (χ2n) is 12.7. The molecule has 0 spiro atoms. The van der Waals surface area contributed by atoms with E-state index in [2.05, 4.69) is 69.4 Å². The Kier molecular flexibility index (Phi) is 6.47. The minimum absolute atomic E-state index is 0.0219. The van der Waals surface area contributed by atoms with E-state index < -0.39 is 0 Å². The second kappa shape index (κ2) is 9.20. The molecule has 4 saturated carbocycles. The lowest BCUT2D eigenvalue weighted by Crippen LogP contribution is -2.49. The quantitative estimate of drug-likeness (QED) is 0.244. The fourth-order valence-corrected chi connectivity index (χ4v) is 8.48. The first-order valence-electron chi connectivity index (χ1n) is 13.4. The highest BCUT2D eigenvalue weighted by atomic mass is 28.2. The van der Waals surface area contributed by atoms with Crippen LogP contribution in [0.25, 0.3) is 17.2 Å². The molecule has 0 heterocycles. The largest absolute Gasteiger partial charge is 0.540 e. The van der Waals surface area contributed by atoms with Gasteiger partial charge in [0.05, 0.1) is 7.11 Å². The van der Waals surface area contributed by atoms with Crippen LogP contribution >= 0.6 is 0 Å². The second-order valence-corrected chi connectivity index (χ2v) is 12.9. The lowest BCUT2D eigenvalue weighted by molar-refractivity contribution is -0.134. The van der Waals surface area contributed by atoms with E-state index in [0.29, 0.717) is 0 Å². The van der Waals surface area contributed by atoms with Crippen LogP contribution in [0.3, 0.4) is 0 Å². The fraction of sp³-hybridized carbons (Fsp3) is 0.531. The Bertz CT molecular complexity index is 1160. The molecule has 4 bridgehead atoms. The maximum absolute atomic E-state index is 11.5.